The van der Waals surface area contributed by atoms with E-state index in [0.717, 1.165) is 0 Å². The number of carbonyl (C=O) groups excluding carboxylic acids is 1. The number of aryl methyl sites for hydroxylation is 1. The largest absolute Gasteiger partial charge is 0.463 e. The van der Waals surface area contributed by atoms with Crippen LogP contribution in [0.5, 0.6) is 0 Å². The van der Waals surface area contributed by atoms with Gasteiger partial charge in [-0.25, -0.2) is 4.79 Å². The van der Waals surface area contributed by atoms with Crippen molar-refractivity contribution in [1.29, 1.82) is 0 Å². The van der Waals surface area contributed by atoms with Crippen LogP contribution >= 0.6 is 0 Å². The smallest absolute Gasteiger partial charge is 0.389 e. The van der Waals surface area contributed by atoms with Crippen LogP contribution in [0.3, 0.4) is 0 Å². The lowest BCUT2D eigenvalue weighted by atomic mass is 10.1. The first-order valence-corrected chi connectivity index (χ1v) is 5.56. The van der Waals surface area contributed by atoms with Crippen LogP contribution < -0.4 is 0 Å². The Kier molecular flexibility index (Phi) is 3.50. The van der Waals surface area contributed by atoms with Crippen molar-refractivity contribution >= 4 is 16.9 Å². The van der Waals surface area contributed by atoms with Gasteiger partial charge in [-0.2, -0.15) is 13.2 Å². The van der Waals surface area contributed by atoms with Crippen LogP contribution in [0.15, 0.2) is 28.7 Å². The standard InChI is InChI=1S/C13H11F3O3/c1-18-12(17)11-7-9-3-2-8(6-10(9)19-11)4-5-13(14,15)16/h2-3,6-7H,4-5H2,1H3. The van der Waals surface area contributed by atoms with E-state index in [2.05, 4.69) is 4.74 Å². The predicted molar refractivity (Wildman–Crippen MR) is 61.9 cm³/mol. The molecule has 0 spiro atoms. The lowest BCUT2D eigenvalue weighted by Crippen LogP contribution is -2.08. The van der Waals surface area contributed by atoms with Gasteiger partial charge in [-0.3, -0.25) is 0 Å². The Bertz CT molecular complexity index is 599. The van der Waals surface area contributed by atoms with Crippen molar-refractivity contribution in [2.45, 2.75) is 19.0 Å². The number of fused-ring (bicyclic) bond motifs is 1. The van der Waals surface area contributed by atoms with Gasteiger partial charge in [0.1, 0.15) is 5.58 Å². The van der Waals surface area contributed by atoms with Crippen LogP contribution in [0.25, 0.3) is 11.0 Å². The number of carbonyl (C=O) groups is 1. The molecule has 1 heterocycles. The van der Waals surface area contributed by atoms with Crippen molar-refractivity contribution in [3.05, 3.63) is 35.6 Å². The van der Waals surface area contributed by atoms with Gasteiger partial charge in [0.25, 0.3) is 0 Å². The van der Waals surface area contributed by atoms with Gasteiger partial charge in [0.05, 0.1) is 7.11 Å². The van der Waals surface area contributed by atoms with Gasteiger partial charge in [0.2, 0.25) is 5.76 Å². The van der Waals surface area contributed by atoms with Gasteiger partial charge in [0.15, 0.2) is 0 Å². The zero-order valence-electron chi connectivity index (χ0n) is 10.1. The van der Waals surface area contributed by atoms with Crippen molar-refractivity contribution in [3.63, 3.8) is 0 Å². The molecule has 1 aromatic carbocycles. The SMILES string of the molecule is COC(=O)c1cc2ccc(CCC(F)(F)F)cc2o1. The molecule has 0 amide bonds. The molecule has 2 rings (SSSR count). The highest BCUT2D eigenvalue weighted by Crippen LogP contribution is 2.25. The van der Waals surface area contributed by atoms with Gasteiger partial charge >= 0.3 is 12.1 Å². The summed E-state index contributed by atoms with van der Waals surface area (Å²) in [6.45, 7) is 0. The minimum absolute atomic E-state index is 0.0328. The molecule has 0 aliphatic rings. The van der Waals surface area contributed by atoms with E-state index in [-0.39, 0.29) is 12.2 Å². The third-order valence-corrected chi connectivity index (χ3v) is 2.67. The molecule has 3 nitrogen and oxygen atoms in total. The fraction of sp³-hybridized carbons (Fsp3) is 0.308. The van der Waals surface area contributed by atoms with Gasteiger partial charge in [0, 0.05) is 11.8 Å². The Morgan fingerprint density at radius 3 is 2.68 bits per heavy atom. The summed E-state index contributed by atoms with van der Waals surface area (Å²) in [5, 5.41) is 0.649. The topological polar surface area (TPSA) is 39.4 Å². The van der Waals surface area contributed by atoms with E-state index in [1.54, 1.807) is 12.1 Å². The summed E-state index contributed by atoms with van der Waals surface area (Å²) >= 11 is 0. The summed E-state index contributed by atoms with van der Waals surface area (Å²) in [5.74, 6) is -0.585. The molecule has 0 aliphatic carbocycles. The predicted octanol–water partition coefficient (Wildman–Crippen LogP) is 3.71. The Labute approximate surface area is 107 Å². The van der Waals surface area contributed by atoms with E-state index in [0.29, 0.717) is 16.5 Å². The fourth-order valence-corrected chi connectivity index (χ4v) is 1.72. The quantitative estimate of drug-likeness (QED) is 0.799. The molecule has 0 fully saturated rings. The maximum Gasteiger partial charge on any atom is 0.389 e. The Hall–Kier alpha value is -1.98. The number of halogens is 3. The number of furan rings is 1. The molecule has 102 valence electrons. The van der Waals surface area contributed by atoms with Gasteiger partial charge in [-0.1, -0.05) is 12.1 Å². The normalized spacial score (nSPS) is 11.8. The highest BCUT2D eigenvalue weighted by molar-refractivity contribution is 5.92. The second-order valence-electron chi connectivity index (χ2n) is 4.09. The Morgan fingerprint density at radius 1 is 1.32 bits per heavy atom. The first-order valence-electron chi connectivity index (χ1n) is 5.56. The number of benzene rings is 1. The van der Waals surface area contributed by atoms with Gasteiger partial charge < -0.3 is 9.15 Å². The average Bonchev–Trinajstić information content (AvgIpc) is 2.77. The van der Waals surface area contributed by atoms with Crippen LogP contribution in [0, 0.1) is 0 Å². The van der Waals surface area contributed by atoms with E-state index < -0.39 is 18.6 Å². The Balaban J connectivity index is 2.23. The molecule has 0 aliphatic heterocycles. The molecule has 19 heavy (non-hydrogen) atoms. The molecule has 0 atom stereocenters. The number of ether oxygens (including phenoxy) is 1. The molecule has 0 saturated heterocycles. The number of methoxy groups -OCH3 is 1. The summed E-state index contributed by atoms with van der Waals surface area (Å²) < 4.78 is 46.1. The van der Waals surface area contributed by atoms with Gasteiger partial charge in [-0.05, 0) is 24.1 Å². The van der Waals surface area contributed by atoms with Crippen LogP contribution in [-0.2, 0) is 11.2 Å². The van der Waals surface area contributed by atoms with E-state index in [1.165, 1.54) is 19.2 Å². The number of hydrogen-bond donors (Lipinski definition) is 0. The second kappa shape index (κ2) is 4.95. The molecule has 1 aromatic heterocycles. The highest BCUT2D eigenvalue weighted by Gasteiger charge is 2.26. The van der Waals surface area contributed by atoms with Crippen molar-refractivity contribution < 1.29 is 27.1 Å². The van der Waals surface area contributed by atoms with Gasteiger partial charge in [-0.15, -0.1) is 0 Å². The Morgan fingerprint density at radius 2 is 2.05 bits per heavy atom. The first-order chi connectivity index (χ1) is 8.89. The lowest BCUT2D eigenvalue weighted by molar-refractivity contribution is -0.133. The zero-order chi connectivity index (χ0) is 14.0. The third-order valence-electron chi connectivity index (χ3n) is 2.67. The zero-order valence-corrected chi connectivity index (χ0v) is 10.1. The third kappa shape index (κ3) is 3.27. The molecule has 0 N–H and O–H groups in total. The number of rotatable bonds is 3. The molecular weight excluding hydrogens is 261 g/mol. The number of alkyl halides is 3. The summed E-state index contributed by atoms with van der Waals surface area (Å²) in [5.41, 5.74) is 0.885. The molecule has 0 saturated carbocycles. The molecule has 0 radical (unpaired) electrons. The van der Waals surface area contributed by atoms with Crippen LogP contribution in [-0.4, -0.2) is 19.3 Å². The van der Waals surface area contributed by atoms with Crippen molar-refractivity contribution in [2.75, 3.05) is 7.11 Å². The molecule has 0 bridgehead atoms. The summed E-state index contributed by atoms with van der Waals surface area (Å²) in [4.78, 5) is 11.3. The molecule has 2 aromatic rings. The summed E-state index contributed by atoms with van der Waals surface area (Å²) in [7, 11) is 1.23. The molecule has 0 unspecified atom stereocenters. The van der Waals surface area contributed by atoms with E-state index in [9.17, 15) is 18.0 Å². The van der Waals surface area contributed by atoms with Crippen LogP contribution in [0.4, 0.5) is 13.2 Å². The lowest BCUT2D eigenvalue weighted by Gasteiger charge is -2.05. The van der Waals surface area contributed by atoms with Crippen molar-refractivity contribution in [1.82, 2.24) is 0 Å². The number of esters is 1. The summed E-state index contributed by atoms with van der Waals surface area (Å²) in [6, 6.07) is 6.21. The second-order valence-corrected chi connectivity index (χ2v) is 4.09. The maximum absolute atomic E-state index is 12.1. The average molecular weight is 272 g/mol. The van der Waals surface area contributed by atoms with Crippen molar-refractivity contribution in [3.8, 4) is 0 Å². The molecule has 6 heteroatoms. The van der Waals surface area contributed by atoms with E-state index >= 15 is 0 Å². The van der Waals surface area contributed by atoms with Crippen molar-refractivity contribution in [2.24, 2.45) is 0 Å². The minimum Gasteiger partial charge on any atom is -0.463 e. The van der Waals surface area contributed by atoms with E-state index in [4.69, 9.17) is 4.42 Å². The fourth-order valence-electron chi connectivity index (χ4n) is 1.72. The summed E-state index contributed by atoms with van der Waals surface area (Å²) in [6.07, 6.45) is -5.19. The highest BCUT2D eigenvalue weighted by atomic mass is 19.4. The monoisotopic (exact) mass is 272 g/mol. The minimum atomic E-state index is -4.19. The van der Waals surface area contributed by atoms with Crippen LogP contribution in [0.1, 0.15) is 22.5 Å². The van der Waals surface area contributed by atoms with E-state index in [1.807, 2.05) is 0 Å². The van der Waals surface area contributed by atoms with Crippen LogP contribution in [0.2, 0.25) is 0 Å². The first kappa shape index (κ1) is 13.5. The maximum atomic E-state index is 12.1. The molecular formula is C13H11F3O3. The number of hydrogen-bond acceptors (Lipinski definition) is 3.